The third-order valence-electron chi connectivity index (χ3n) is 3.97. The largest absolute Gasteiger partial charge is 0.341 e. The summed E-state index contributed by atoms with van der Waals surface area (Å²) in [6.45, 7) is 0.478. The van der Waals surface area contributed by atoms with Gasteiger partial charge in [-0.15, -0.1) is 11.3 Å². The predicted molar refractivity (Wildman–Crippen MR) is 86.7 cm³/mol. The highest BCUT2D eigenvalue weighted by Gasteiger charge is 2.46. The molecule has 1 aromatic carbocycles. The number of benzene rings is 1. The summed E-state index contributed by atoms with van der Waals surface area (Å²) in [6.07, 6.45) is 3.19. The zero-order valence-electron chi connectivity index (χ0n) is 12.1. The van der Waals surface area contributed by atoms with Crippen LogP contribution in [0.5, 0.6) is 0 Å². The van der Waals surface area contributed by atoms with Gasteiger partial charge in [-0.05, 0) is 18.2 Å². The number of pyridine rings is 1. The molecule has 2 aromatic heterocycles. The summed E-state index contributed by atoms with van der Waals surface area (Å²) in [5, 5.41) is 2.51. The van der Waals surface area contributed by atoms with Gasteiger partial charge in [0.15, 0.2) is 10.8 Å². The molecule has 1 fully saturated rings. The Bertz CT molecular complexity index is 829. The molecule has 0 saturated carbocycles. The first-order chi connectivity index (χ1) is 11.2. The molecule has 0 atom stereocenters. The molecular weight excluding hydrogens is 316 g/mol. The van der Waals surface area contributed by atoms with E-state index in [1.807, 2.05) is 4.90 Å². The number of rotatable bonds is 3. The van der Waals surface area contributed by atoms with Gasteiger partial charge < -0.3 is 4.90 Å². The van der Waals surface area contributed by atoms with Crippen LogP contribution in [-0.4, -0.2) is 23.1 Å². The highest BCUT2D eigenvalue weighted by atomic mass is 32.1. The first-order valence-electron chi connectivity index (χ1n) is 7.20. The van der Waals surface area contributed by atoms with E-state index in [-0.39, 0.29) is 18.9 Å². The van der Waals surface area contributed by atoms with Crippen LogP contribution in [0.15, 0.2) is 54.2 Å². The Hall–Kier alpha value is -2.34. The number of hydrogen-bond donors (Lipinski definition) is 0. The molecule has 1 aliphatic rings. The number of halogens is 2. The van der Waals surface area contributed by atoms with Gasteiger partial charge in [0.05, 0.1) is 18.8 Å². The van der Waals surface area contributed by atoms with Crippen molar-refractivity contribution in [3.63, 3.8) is 0 Å². The molecule has 0 aliphatic carbocycles. The highest BCUT2D eigenvalue weighted by molar-refractivity contribution is 7.14. The van der Waals surface area contributed by atoms with Gasteiger partial charge in [0.2, 0.25) is 0 Å². The minimum atomic E-state index is -1.39. The third kappa shape index (κ3) is 2.49. The number of hydrogen-bond acceptors (Lipinski definition) is 4. The van der Waals surface area contributed by atoms with Crippen molar-refractivity contribution in [2.24, 2.45) is 0 Å². The zero-order valence-corrected chi connectivity index (χ0v) is 12.9. The second-order valence-corrected chi connectivity index (χ2v) is 6.39. The minimum Gasteiger partial charge on any atom is -0.341 e. The molecular formula is C17H13F2N3S. The molecule has 116 valence electrons. The van der Waals surface area contributed by atoms with Crippen molar-refractivity contribution in [2.75, 3.05) is 18.0 Å². The average Bonchev–Trinajstić information content (AvgIpc) is 3.02. The van der Waals surface area contributed by atoms with Gasteiger partial charge >= 0.3 is 0 Å². The molecule has 3 aromatic rings. The van der Waals surface area contributed by atoms with Crippen molar-refractivity contribution < 1.29 is 8.78 Å². The number of alkyl halides is 1. The molecule has 1 saturated heterocycles. The lowest BCUT2D eigenvalue weighted by Crippen LogP contribution is -2.57. The van der Waals surface area contributed by atoms with E-state index in [4.69, 9.17) is 0 Å². The molecule has 0 amide bonds. The fourth-order valence-corrected chi connectivity index (χ4v) is 3.53. The Morgan fingerprint density at radius 2 is 1.96 bits per heavy atom. The molecule has 0 radical (unpaired) electrons. The standard InChI is InChI=1S/C17H13F2N3S/c18-14-6-2-1-5-13(14)15-9-23-16(21-15)22-10-17(19,11-22)12-4-3-7-20-8-12/h1-9H,10-11H2. The number of thiazole rings is 1. The van der Waals surface area contributed by atoms with Crippen molar-refractivity contribution >= 4 is 16.5 Å². The molecule has 6 heteroatoms. The number of nitrogens with zero attached hydrogens (tertiary/aromatic N) is 3. The fourth-order valence-electron chi connectivity index (χ4n) is 2.71. The Labute approximate surface area is 136 Å². The van der Waals surface area contributed by atoms with Crippen LogP contribution in [0, 0.1) is 5.82 Å². The summed E-state index contributed by atoms with van der Waals surface area (Å²) in [5.41, 5.74) is 0.246. The van der Waals surface area contributed by atoms with E-state index in [1.165, 1.54) is 17.4 Å². The Morgan fingerprint density at radius 1 is 1.13 bits per heavy atom. The summed E-state index contributed by atoms with van der Waals surface area (Å²) < 4.78 is 28.6. The average molecular weight is 329 g/mol. The van der Waals surface area contributed by atoms with Crippen molar-refractivity contribution in [3.8, 4) is 11.3 Å². The summed E-state index contributed by atoms with van der Waals surface area (Å²) in [7, 11) is 0. The van der Waals surface area contributed by atoms with Gasteiger partial charge in [-0.1, -0.05) is 18.2 Å². The van der Waals surface area contributed by atoms with E-state index < -0.39 is 5.67 Å². The van der Waals surface area contributed by atoms with E-state index in [9.17, 15) is 8.78 Å². The van der Waals surface area contributed by atoms with Gasteiger partial charge in [0.25, 0.3) is 0 Å². The van der Waals surface area contributed by atoms with E-state index in [2.05, 4.69) is 9.97 Å². The maximum atomic E-state index is 14.8. The van der Waals surface area contributed by atoms with Crippen LogP contribution >= 0.6 is 11.3 Å². The van der Waals surface area contributed by atoms with Gasteiger partial charge in [0, 0.05) is 28.9 Å². The van der Waals surface area contributed by atoms with Gasteiger partial charge in [-0.25, -0.2) is 13.8 Å². The van der Waals surface area contributed by atoms with Crippen molar-refractivity contribution in [1.82, 2.24) is 9.97 Å². The summed E-state index contributed by atoms with van der Waals surface area (Å²) in [6, 6.07) is 10.0. The Balaban J connectivity index is 1.53. The van der Waals surface area contributed by atoms with Crippen LogP contribution in [-0.2, 0) is 5.67 Å². The summed E-state index contributed by atoms with van der Waals surface area (Å²) >= 11 is 1.40. The number of aromatic nitrogens is 2. The maximum Gasteiger partial charge on any atom is 0.186 e. The second-order valence-electron chi connectivity index (χ2n) is 5.56. The van der Waals surface area contributed by atoms with Gasteiger partial charge in [0.1, 0.15) is 5.82 Å². The van der Waals surface area contributed by atoms with Crippen molar-refractivity contribution in [3.05, 3.63) is 65.6 Å². The summed E-state index contributed by atoms with van der Waals surface area (Å²) in [4.78, 5) is 10.3. The van der Waals surface area contributed by atoms with Crippen LogP contribution in [0.2, 0.25) is 0 Å². The fraction of sp³-hybridized carbons (Fsp3) is 0.176. The van der Waals surface area contributed by atoms with Crippen LogP contribution in [0.4, 0.5) is 13.9 Å². The van der Waals surface area contributed by atoms with E-state index in [1.54, 1.807) is 48.1 Å². The molecule has 3 heterocycles. The normalized spacial score (nSPS) is 16.2. The van der Waals surface area contributed by atoms with Gasteiger partial charge in [-0.2, -0.15) is 0 Å². The zero-order chi connectivity index (χ0) is 15.9. The monoisotopic (exact) mass is 329 g/mol. The smallest absolute Gasteiger partial charge is 0.186 e. The minimum absolute atomic E-state index is 0.239. The lowest BCUT2D eigenvalue weighted by Gasteiger charge is -2.44. The molecule has 23 heavy (non-hydrogen) atoms. The van der Waals surface area contributed by atoms with Gasteiger partial charge in [-0.3, -0.25) is 4.98 Å². The van der Waals surface area contributed by atoms with Crippen LogP contribution in [0.1, 0.15) is 5.56 Å². The van der Waals surface area contributed by atoms with Crippen molar-refractivity contribution in [1.29, 1.82) is 0 Å². The molecule has 0 unspecified atom stereocenters. The molecule has 0 N–H and O–H groups in total. The topological polar surface area (TPSA) is 29.0 Å². The predicted octanol–water partition coefficient (Wildman–Crippen LogP) is 4.03. The molecule has 4 rings (SSSR count). The quantitative estimate of drug-likeness (QED) is 0.726. The number of anilines is 1. The third-order valence-corrected chi connectivity index (χ3v) is 4.88. The van der Waals surface area contributed by atoms with Crippen LogP contribution < -0.4 is 4.90 Å². The molecule has 3 nitrogen and oxygen atoms in total. The summed E-state index contributed by atoms with van der Waals surface area (Å²) in [5.74, 6) is -0.303. The first kappa shape index (κ1) is 14.3. The maximum absolute atomic E-state index is 14.8. The highest BCUT2D eigenvalue weighted by Crippen LogP contribution is 2.40. The second kappa shape index (κ2) is 5.38. The molecule has 1 aliphatic heterocycles. The molecule has 0 bridgehead atoms. The van der Waals surface area contributed by atoms with E-state index >= 15 is 0 Å². The van der Waals surface area contributed by atoms with E-state index in [0.29, 0.717) is 22.0 Å². The van der Waals surface area contributed by atoms with E-state index in [0.717, 1.165) is 0 Å². The lowest BCUT2D eigenvalue weighted by molar-refractivity contribution is 0.119. The molecule has 0 spiro atoms. The van der Waals surface area contributed by atoms with Crippen LogP contribution in [0.3, 0.4) is 0 Å². The first-order valence-corrected chi connectivity index (χ1v) is 8.08. The SMILES string of the molecule is Fc1ccccc1-c1csc(N2CC(F)(c3cccnc3)C2)n1. The van der Waals surface area contributed by atoms with Crippen LogP contribution in [0.25, 0.3) is 11.3 Å². The lowest BCUT2D eigenvalue weighted by atomic mass is 9.89. The Morgan fingerprint density at radius 3 is 2.70 bits per heavy atom. The Kier molecular flexibility index (Phi) is 3.34. The van der Waals surface area contributed by atoms with Crippen molar-refractivity contribution in [2.45, 2.75) is 5.67 Å².